The summed E-state index contributed by atoms with van der Waals surface area (Å²) in [7, 11) is 1.47. The normalized spacial score (nSPS) is 18.9. The fourth-order valence-corrected chi connectivity index (χ4v) is 1.94. The zero-order chi connectivity index (χ0) is 12.8. The Bertz CT molecular complexity index is 271. The van der Waals surface area contributed by atoms with Gasteiger partial charge in [0.15, 0.2) is 0 Å². The molecule has 1 saturated heterocycles. The summed E-state index contributed by atoms with van der Waals surface area (Å²) >= 11 is 0. The van der Waals surface area contributed by atoms with Crippen molar-refractivity contribution in [2.24, 2.45) is 5.73 Å². The van der Waals surface area contributed by atoms with Gasteiger partial charge in [-0.25, -0.2) is 0 Å². The van der Waals surface area contributed by atoms with Crippen molar-refractivity contribution in [1.82, 2.24) is 10.2 Å². The molecule has 0 aromatic heterocycles. The second-order valence-corrected chi connectivity index (χ2v) is 4.25. The van der Waals surface area contributed by atoms with Crippen LogP contribution in [0.1, 0.15) is 19.8 Å². The summed E-state index contributed by atoms with van der Waals surface area (Å²) in [6.45, 7) is 3.13. The predicted molar refractivity (Wildman–Crippen MR) is 63.3 cm³/mol. The number of rotatable bonds is 4. The Labute approximate surface area is 101 Å². The van der Waals surface area contributed by atoms with Gasteiger partial charge in [-0.2, -0.15) is 0 Å². The highest BCUT2D eigenvalue weighted by molar-refractivity contribution is 5.81. The molecule has 1 atom stereocenters. The first-order valence-corrected chi connectivity index (χ1v) is 5.87. The maximum atomic E-state index is 11.7. The highest BCUT2D eigenvalue weighted by atomic mass is 16.5. The zero-order valence-corrected chi connectivity index (χ0v) is 10.4. The van der Waals surface area contributed by atoms with Crippen molar-refractivity contribution in [3.05, 3.63) is 0 Å². The van der Waals surface area contributed by atoms with Crippen LogP contribution in [0.3, 0.4) is 0 Å². The molecule has 6 nitrogen and oxygen atoms in total. The van der Waals surface area contributed by atoms with Gasteiger partial charge < -0.3 is 20.7 Å². The SMILES string of the molecule is COC(CN)C(=O)NC1CCN(C(C)=O)CC1. The van der Waals surface area contributed by atoms with Gasteiger partial charge in [-0.1, -0.05) is 0 Å². The van der Waals surface area contributed by atoms with E-state index in [2.05, 4.69) is 5.32 Å². The lowest BCUT2D eigenvalue weighted by Gasteiger charge is -2.32. The minimum atomic E-state index is -0.583. The molecule has 1 unspecified atom stereocenters. The molecule has 0 aromatic rings. The molecule has 0 aromatic carbocycles. The van der Waals surface area contributed by atoms with Crippen molar-refractivity contribution in [3.8, 4) is 0 Å². The largest absolute Gasteiger partial charge is 0.370 e. The number of likely N-dealkylation sites (tertiary alicyclic amines) is 1. The van der Waals surface area contributed by atoms with Crippen molar-refractivity contribution in [2.45, 2.75) is 31.9 Å². The molecule has 3 N–H and O–H groups in total. The number of methoxy groups -OCH3 is 1. The number of carbonyl (C=O) groups excluding carboxylic acids is 2. The fraction of sp³-hybridized carbons (Fsp3) is 0.818. The van der Waals surface area contributed by atoms with Crippen molar-refractivity contribution in [2.75, 3.05) is 26.7 Å². The lowest BCUT2D eigenvalue weighted by atomic mass is 10.0. The Morgan fingerprint density at radius 2 is 2.06 bits per heavy atom. The third kappa shape index (κ3) is 3.98. The predicted octanol–water partition coefficient (Wildman–Crippen LogP) is -0.913. The molecular weight excluding hydrogens is 222 g/mol. The first kappa shape index (κ1) is 13.9. The topological polar surface area (TPSA) is 84.7 Å². The number of hydrogen-bond acceptors (Lipinski definition) is 4. The second-order valence-electron chi connectivity index (χ2n) is 4.25. The van der Waals surface area contributed by atoms with E-state index in [9.17, 15) is 9.59 Å². The Kier molecular flexibility index (Phi) is 5.37. The van der Waals surface area contributed by atoms with E-state index < -0.39 is 6.10 Å². The van der Waals surface area contributed by atoms with Crippen LogP contribution in [0.5, 0.6) is 0 Å². The molecule has 1 rings (SSSR count). The molecule has 0 radical (unpaired) electrons. The molecule has 2 amide bonds. The van der Waals surface area contributed by atoms with Crippen LogP contribution in [0.25, 0.3) is 0 Å². The number of hydrogen-bond donors (Lipinski definition) is 2. The van der Waals surface area contributed by atoms with Gasteiger partial charge in [0.25, 0.3) is 5.91 Å². The quantitative estimate of drug-likeness (QED) is 0.669. The Morgan fingerprint density at radius 3 is 2.47 bits per heavy atom. The van der Waals surface area contributed by atoms with Crippen molar-refractivity contribution < 1.29 is 14.3 Å². The Balaban J connectivity index is 2.35. The third-order valence-electron chi connectivity index (χ3n) is 3.08. The molecule has 1 aliphatic rings. The van der Waals surface area contributed by atoms with Gasteiger partial charge in [0.2, 0.25) is 5.91 Å². The molecule has 98 valence electrons. The van der Waals surface area contributed by atoms with Gasteiger partial charge in [0, 0.05) is 39.7 Å². The minimum Gasteiger partial charge on any atom is -0.370 e. The number of carbonyl (C=O) groups is 2. The van der Waals surface area contributed by atoms with Gasteiger partial charge in [0.05, 0.1) is 0 Å². The maximum Gasteiger partial charge on any atom is 0.250 e. The van der Waals surface area contributed by atoms with E-state index in [1.807, 2.05) is 0 Å². The molecule has 0 aliphatic carbocycles. The van der Waals surface area contributed by atoms with Crippen LogP contribution in [0.4, 0.5) is 0 Å². The molecule has 6 heteroatoms. The van der Waals surface area contributed by atoms with Crippen LogP contribution in [0, 0.1) is 0 Å². The van der Waals surface area contributed by atoms with E-state index in [4.69, 9.17) is 10.5 Å². The summed E-state index contributed by atoms with van der Waals surface area (Å²) in [5.41, 5.74) is 5.41. The highest BCUT2D eigenvalue weighted by Gasteiger charge is 2.24. The number of ether oxygens (including phenoxy) is 1. The molecular formula is C11H21N3O3. The zero-order valence-electron chi connectivity index (χ0n) is 10.4. The van der Waals surface area contributed by atoms with Crippen LogP contribution >= 0.6 is 0 Å². The van der Waals surface area contributed by atoms with Crippen molar-refractivity contribution in [1.29, 1.82) is 0 Å². The summed E-state index contributed by atoms with van der Waals surface area (Å²) in [4.78, 5) is 24.6. The van der Waals surface area contributed by atoms with Crippen molar-refractivity contribution in [3.63, 3.8) is 0 Å². The lowest BCUT2D eigenvalue weighted by molar-refractivity contribution is -0.132. The Morgan fingerprint density at radius 1 is 1.47 bits per heavy atom. The van der Waals surface area contributed by atoms with Gasteiger partial charge in [0.1, 0.15) is 6.10 Å². The van der Waals surface area contributed by atoms with E-state index in [-0.39, 0.29) is 24.4 Å². The lowest BCUT2D eigenvalue weighted by Crippen LogP contribution is -2.50. The number of nitrogens with two attached hydrogens (primary N) is 1. The molecule has 1 heterocycles. The standard InChI is InChI=1S/C11H21N3O3/c1-8(15)14-5-3-9(4-6-14)13-11(16)10(7-12)17-2/h9-10H,3-7,12H2,1-2H3,(H,13,16). The van der Waals surface area contributed by atoms with Crippen LogP contribution in [0.15, 0.2) is 0 Å². The minimum absolute atomic E-state index is 0.0894. The smallest absolute Gasteiger partial charge is 0.250 e. The molecule has 0 spiro atoms. The third-order valence-corrected chi connectivity index (χ3v) is 3.08. The first-order valence-electron chi connectivity index (χ1n) is 5.87. The average Bonchev–Trinajstić information content (AvgIpc) is 2.31. The van der Waals surface area contributed by atoms with Crippen LogP contribution < -0.4 is 11.1 Å². The first-order chi connectivity index (χ1) is 8.08. The molecule has 1 fully saturated rings. The molecule has 17 heavy (non-hydrogen) atoms. The summed E-state index contributed by atoms with van der Waals surface area (Å²) in [5, 5.41) is 2.90. The monoisotopic (exact) mass is 243 g/mol. The molecule has 1 aliphatic heterocycles. The number of piperidine rings is 1. The Hall–Kier alpha value is -1.14. The number of nitrogens with one attached hydrogen (secondary N) is 1. The van der Waals surface area contributed by atoms with Gasteiger partial charge in [-0.05, 0) is 12.8 Å². The van der Waals surface area contributed by atoms with E-state index in [0.29, 0.717) is 13.1 Å². The molecule has 0 bridgehead atoms. The van der Waals surface area contributed by atoms with E-state index in [1.54, 1.807) is 11.8 Å². The summed E-state index contributed by atoms with van der Waals surface area (Å²) < 4.78 is 4.96. The average molecular weight is 243 g/mol. The van der Waals surface area contributed by atoms with Crippen LogP contribution in [-0.2, 0) is 14.3 Å². The van der Waals surface area contributed by atoms with E-state index in [1.165, 1.54) is 7.11 Å². The van der Waals surface area contributed by atoms with E-state index in [0.717, 1.165) is 12.8 Å². The number of amides is 2. The van der Waals surface area contributed by atoms with Gasteiger partial charge >= 0.3 is 0 Å². The van der Waals surface area contributed by atoms with E-state index >= 15 is 0 Å². The molecule has 0 saturated carbocycles. The summed E-state index contributed by atoms with van der Waals surface area (Å²) in [5.74, 6) is -0.0808. The van der Waals surface area contributed by atoms with Gasteiger partial charge in [-0.3, -0.25) is 9.59 Å². The fourth-order valence-electron chi connectivity index (χ4n) is 1.94. The van der Waals surface area contributed by atoms with Crippen molar-refractivity contribution >= 4 is 11.8 Å². The second kappa shape index (κ2) is 6.56. The van der Waals surface area contributed by atoms with Gasteiger partial charge in [-0.15, -0.1) is 0 Å². The van der Waals surface area contributed by atoms with Crippen LogP contribution in [-0.4, -0.2) is 55.6 Å². The maximum absolute atomic E-state index is 11.7. The highest BCUT2D eigenvalue weighted by Crippen LogP contribution is 2.10. The summed E-state index contributed by atoms with van der Waals surface area (Å²) in [6.07, 6.45) is 0.986. The number of nitrogens with zero attached hydrogens (tertiary/aromatic N) is 1. The van der Waals surface area contributed by atoms with Crippen LogP contribution in [0.2, 0.25) is 0 Å². The summed E-state index contributed by atoms with van der Waals surface area (Å²) in [6, 6.07) is 0.113.